The summed E-state index contributed by atoms with van der Waals surface area (Å²) in [5, 5.41) is 12.5. The maximum atomic E-state index is 11.2. The zero-order chi connectivity index (χ0) is 12.8. The number of aliphatic carboxylic acids is 1. The normalized spacial score (nSPS) is 27.1. The Hall–Kier alpha value is -0.570. The Morgan fingerprint density at radius 1 is 1.29 bits per heavy atom. The fraction of sp³-hybridized carbons (Fsp3) is 0.929. The van der Waals surface area contributed by atoms with E-state index in [-0.39, 0.29) is 6.04 Å². The van der Waals surface area contributed by atoms with Gasteiger partial charge in [-0.25, -0.2) is 0 Å². The van der Waals surface area contributed by atoms with Gasteiger partial charge in [0.05, 0.1) is 0 Å². The molecular weight excluding hydrogens is 214 g/mol. The van der Waals surface area contributed by atoms with Crippen LogP contribution in [0.25, 0.3) is 0 Å². The fourth-order valence-electron chi connectivity index (χ4n) is 2.73. The van der Waals surface area contributed by atoms with Crippen molar-refractivity contribution in [3.8, 4) is 0 Å². The summed E-state index contributed by atoms with van der Waals surface area (Å²) < 4.78 is 0. The van der Waals surface area contributed by atoms with Crippen LogP contribution in [-0.4, -0.2) is 23.2 Å². The minimum Gasteiger partial charge on any atom is -0.480 e. The molecule has 1 rings (SSSR count). The van der Waals surface area contributed by atoms with Crippen LogP contribution in [0.1, 0.15) is 59.3 Å². The first-order valence-electron chi connectivity index (χ1n) is 7.01. The molecule has 100 valence electrons. The predicted molar refractivity (Wildman–Crippen MR) is 70.1 cm³/mol. The molecule has 1 saturated carbocycles. The molecule has 1 aliphatic carbocycles. The minimum absolute atomic E-state index is 0.363. The van der Waals surface area contributed by atoms with Gasteiger partial charge in [0.2, 0.25) is 0 Å². The van der Waals surface area contributed by atoms with Gasteiger partial charge in [-0.05, 0) is 43.9 Å². The summed E-state index contributed by atoms with van der Waals surface area (Å²) >= 11 is 0. The molecule has 1 unspecified atom stereocenters. The molecule has 3 heteroatoms. The summed E-state index contributed by atoms with van der Waals surface area (Å²) in [5.74, 6) is 0.591. The van der Waals surface area contributed by atoms with Crippen LogP contribution in [0.5, 0.6) is 0 Å². The molecule has 3 nitrogen and oxygen atoms in total. The van der Waals surface area contributed by atoms with Gasteiger partial charge in [-0.1, -0.05) is 27.2 Å². The average molecular weight is 241 g/mol. The number of hydrogen-bond acceptors (Lipinski definition) is 2. The molecule has 0 aromatic rings. The second-order valence-corrected chi connectivity index (χ2v) is 5.81. The molecule has 0 bridgehead atoms. The second kappa shape index (κ2) is 7.00. The molecule has 1 atom stereocenters. The van der Waals surface area contributed by atoms with Crippen LogP contribution in [-0.2, 0) is 4.79 Å². The van der Waals surface area contributed by atoms with Crippen LogP contribution in [0.4, 0.5) is 0 Å². The quantitative estimate of drug-likeness (QED) is 0.751. The highest BCUT2D eigenvalue weighted by atomic mass is 16.4. The number of hydrogen-bond donors (Lipinski definition) is 2. The largest absolute Gasteiger partial charge is 0.480 e. The molecule has 0 heterocycles. The SMILES string of the molecule is CCC1CCC(NC(CC(C)C)C(=O)O)CC1. The second-order valence-electron chi connectivity index (χ2n) is 5.81. The van der Waals surface area contributed by atoms with E-state index < -0.39 is 5.97 Å². The lowest BCUT2D eigenvalue weighted by atomic mass is 9.84. The van der Waals surface area contributed by atoms with E-state index in [1.807, 2.05) is 0 Å². The van der Waals surface area contributed by atoms with Crippen molar-refractivity contribution in [3.63, 3.8) is 0 Å². The lowest BCUT2D eigenvalue weighted by Gasteiger charge is -2.31. The summed E-state index contributed by atoms with van der Waals surface area (Å²) in [6, 6.07) is 0.0517. The molecule has 0 amide bonds. The van der Waals surface area contributed by atoms with Gasteiger partial charge in [-0.2, -0.15) is 0 Å². The molecule has 0 aromatic heterocycles. The van der Waals surface area contributed by atoms with Gasteiger partial charge in [0.1, 0.15) is 6.04 Å². The van der Waals surface area contributed by atoms with Crippen molar-refractivity contribution in [2.24, 2.45) is 11.8 Å². The Bertz CT molecular complexity index is 232. The standard InChI is InChI=1S/C14H27NO2/c1-4-11-5-7-12(8-6-11)15-13(14(16)17)9-10(2)3/h10-13,15H,4-9H2,1-3H3,(H,16,17). The maximum absolute atomic E-state index is 11.2. The Morgan fingerprint density at radius 3 is 2.29 bits per heavy atom. The molecule has 0 radical (unpaired) electrons. The zero-order valence-corrected chi connectivity index (χ0v) is 11.4. The van der Waals surface area contributed by atoms with Crippen LogP contribution in [0.2, 0.25) is 0 Å². The van der Waals surface area contributed by atoms with E-state index in [9.17, 15) is 9.90 Å². The van der Waals surface area contributed by atoms with Gasteiger partial charge < -0.3 is 10.4 Å². The number of carboxylic acids is 1. The highest BCUT2D eigenvalue weighted by Gasteiger charge is 2.25. The van der Waals surface area contributed by atoms with Crippen LogP contribution in [0.3, 0.4) is 0 Å². The molecule has 1 aliphatic rings. The van der Waals surface area contributed by atoms with Crippen LogP contribution < -0.4 is 5.32 Å². The molecular formula is C14H27NO2. The van der Waals surface area contributed by atoms with E-state index in [2.05, 4.69) is 26.1 Å². The topological polar surface area (TPSA) is 49.3 Å². The van der Waals surface area contributed by atoms with E-state index in [0.29, 0.717) is 12.0 Å². The Labute approximate surface area is 105 Å². The number of carbonyl (C=O) groups is 1. The van der Waals surface area contributed by atoms with E-state index in [1.54, 1.807) is 0 Å². The van der Waals surface area contributed by atoms with Gasteiger partial charge in [0.15, 0.2) is 0 Å². The smallest absolute Gasteiger partial charge is 0.320 e. The molecule has 0 aliphatic heterocycles. The zero-order valence-electron chi connectivity index (χ0n) is 11.4. The van der Waals surface area contributed by atoms with E-state index in [0.717, 1.165) is 25.2 Å². The van der Waals surface area contributed by atoms with Crippen molar-refractivity contribution in [1.82, 2.24) is 5.32 Å². The van der Waals surface area contributed by atoms with Crippen LogP contribution >= 0.6 is 0 Å². The number of carboxylic acid groups (broad SMARTS) is 1. The lowest BCUT2D eigenvalue weighted by Crippen LogP contribution is -2.45. The highest BCUT2D eigenvalue weighted by Crippen LogP contribution is 2.27. The third-order valence-electron chi connectivity index (χ3n) is 3.87. The Morgan fingerprint density at radius 2 is 1.88 bits per heavy atom. The van der Waals surface area contributed by atoms with E-state index in [4.69, 9.17) is 0 Å². The average Bonchev–Trinajstić information content (AvgIpc) is 2.28. The first-order valence-corrected chi connectivity index (χ1v) is 7.01. The molecule has 0 spiro atoms. The van der Waals surface area contributed by atoms with Crippen molar-refractivity contribution in [3.05, 3.63) is 0 Å². The van der Waals surface area contributed by atoms with Gasteiger partial charge >= 0.3 is 5.97 Å². The van der Waals surface area contributed by atoms with Crippen molar-refractivity contribution < 1.29 is 9.90 Å². The minimum atomic E-state index is -0.698. The van der Waals surface area contributed by atoms with Crippen LogP contribution in [0, 0.1) is 11.8 Å². The van der Waals surface area contributed by atoms with Gasteiger partial charge in [0, 0.05) is 6.04 Å². The van der Waals surface area contributed by atoms with E-state index >= 15 is 0 Å². The first kappa shape index (κ1) is 14.5. The summed E-state index contributed by atoms with van der Waals surface area (Å²) in [6.07, 6.45) is 6.77. The summed E-state index contributed by atoms with van der Waals surface area (Å²) in [5.41, 5.74) is 0. The first-order chi connectivity index (χ1) is 8.02. The highest BCUT2D eigenvalue weighted by molar-refractivity contribution is 5.73. The van der Waals surface area contributed by atoms with Crippen molar-refractivity contribution in [2.45, 2.75) is 71.4 Å². The molecule has 0 saturated heterocycles. The van der Waals surface area contributed by atoms with Crippen LogP contribution in [0.15, 0.2) is 0 Å². The molecule has 2 N–H and O–H groups in total. The Balaban J connectivity index is 2.38. The molecule has 17 heavy (non-hydrogen) atoms. The predicted octanol–water partition coefficient (Wildman–Crippen LogP) is 3.04. The van der Waals surface area contributed by atoms with E-state index in [1.165, 1.54) is 19.3 Å². The summed E-state index contributed by atoms with van der Waals surface area (Å²) in [7, 11) is 0. The van der Waals surface area contributed by atoms with Gasteiger partial charge in [-0.15, -0.1) is 0 Å². The third-order valence-corrected chi connectivity index (χ3v) is 3.87. The Kier molecular flexibility index (Phi) is 5.96. The summed E-state index contributed by atoms with van der Waals surface area (Å²) in [6.45, 7) is 6.40. The number of nitrogens with one attached hydrogen (secondary N) is 1. The summed E-state index contributed by atoms with van der Waals surface area (Å²) in [4.78, 5) is 11.2. The van der Waals surface area contributed by atoms with Gasteiger partial charge in [0.25, 0.3) is 0 Å². The fourth-order valence-corrected chi connectivity index (χ4v) is 2.73. The van der Waals surface area contributed by atoms with Crippen molar-refractivity contribution in [1.29, 1.82) is 0 Å². The molecule has 1 fully saturated rings. The van der Waals surface area contributed by atoms with Crippen molar-refractivity contribution >= 4 is 5.97 Å². The number of rotatable bonds is 6. The third kappa shape index (κ3) is 5.07. The van der Waals surface area contributed by atoms with Gasteiger partial charge in [-0.3, -0.25) is 4.79 Å². The lowest BCUT2D eigenvalue weighted by molar-refractivity contribution is -0.140. The van der Waals surface area contributed by atoms with Crippen molar-refractivity contribution in [2.75, 3.05) is 0 Å². The monoisotopic (exact) mass is 241 g/mol. The molecule has 0 aromatic carbocycles. The maximum Gasteiger partial charge on any atom is 0.320 e.